The Balaban J connectivity index is 1.51. The van der Waals surface area contributed by atoms with Crippen molar-refractivity contribution in [2.24, 2.45) is 0 Å². The van der Waals surface area contributed by atoms with Crippen molar-refractivity contribution in [2.45, 2.75) is 6.61 Å². The first-order chi connectivity index (χ1) is 17.3. The number of esters is 1. The first kappa shape index (κ1) is 25.2. The summed E-state index contributed by atoms with van der Waals surface area (Å²) in [5.41, 5.74) is 1.65. The molecule has 3 aromatic rings. The van der Waals surface area contributed by atoms with Gasteiger partial charge in [0.25, 0.3) is 5.91 Å². The number of nitrogens with zero attached hydrogens (tertiary/aromatic N) is 2. The largest absolute Gasteiger partial charge is 0.480 e. The number of amides is 1. The maximum Gasteiger partial charge on any atom is 0.340 e. The van der Waals surface area contributed by atoms with Crippen LogP contribution in [0, 0.1) is 11.3 Å². The van der Waals surface area contributed by atoms with E-state index in [2.05, 4.69) is 6.07 Å². The number of nitriles is 1. The fraction of sp³-hybridized carbons (Fsp3) is 0.0800. The van der Waals surface area contributed by atoms with Gasteiger partial charge in [-0.1, -0.05) is 53.8 Å². The minimum atomic E-state index is -1.17. The Morgan fingerprint density at radius 3 is 2.75 bits per heavy atom. The highest BCUT2D eigenvalue weighted by atomic mass is 35.5. The van der Waals surface area contributed by atoms with Gasteiger partial charge in [0, 0.05) is 17.2 Å². The normalized spacial score (nSPS) is 14.2. The highest BCUT2D eigenvalue weighted by molar-refractivity contribution is 8.26. The third-order valence-electron chi connectivity index (χ3n) is 5.03. The van der Waals surface area contributed by atoms with Gasteiger partial charge in [-0.05, 0) is 36.4 Å². The number of thioether (sulfide) groups is 1. The first-order valence-corrected chi connectivity index (χ1v) is 11.9. The fourth-order valence-corrected chi connectivity index (χ4v) is 4.73. The van der Waals surface area contributed by atoms with Crippen molar-refractivity contribution in [1.82, 2.24) is 4.90 Å². The van der Waals surface area contributed by atoms with Crippen LogP contribution < -0.4 is 0 Å². The highest BCUT2D eigenvalue weighted by Crippen LogP contribution is 2.34. The van der Waals surface area contributed by atoms with Gasteiger partial charge in [-0.25, -0.2) is 4.79 Å². The first-order valence-electron chi connectivity index (χ1n) is 10.3. The van der Waals surface area contributed by atoms with E-state index in [1.807, 2.05) is 0 Å². The molecule has 0 aliphatic carbocycles. The Kier molecular flexibility index (Phi) is 7.55. The summed E-state index contributed by atoms with van der Waals surface area (Å²) in [4.78, 5) is 37.4. The molecular weight excluding hydrogens is 524 g/mol. The second-order valence-corrected chi connectivity index (χ2v) is 9.49. The minimum Gasteiger partial charge on any atom is -0.480 e. The van der Waals surface area contributed by atoms with Gasteiger partial charge in [-0.15, -0.1) is 0 Å². The molecule has 4 rings (SSSR count). The predicted molar refractivity (Wildman–Crippen MR) is 137 cm³/mol. The number of rotatable bonds is 7. The average Bonchev–Trinajstić information content (AvgIpc) is 3.43. The van der Waals surface area contributed by atoms with Crippen LogP contribution in [0.15, 0.2) is 63.9 Å². The molecule has 1 saturated heterocycles. The Hall–Kier alpha value is -3.91. The molecule has 0 atom stereocenters. The van der Waals surface area contributed by atoms with Gasteiger partial charge in [0.15, 0.2) is 0 Å². The Morgan fingerprint density at radius 1 is 1.22 bits per heavy atom. The highest BCUT2D eigenvalue weighted by Gasteiger charge is 2.33. The molecule has 36 heavy (non-hydrogen) atoms. The monoisotopic (exact) mass is 538 g/mol. The SMILES string of the molecule is N#Cc1ccccc1COC(=O)c1cc(-c2ccc(C=C3SC(=S)N(CC(=O)O)C3=O)o2)ccc1Cl. The predicted octanol–water partition coefficient (Wildman–Crippen LogP) is 5.11. The number of hydrogen-bond donors (Lipinski definition) is 1. The van der Waals surface area contributed by atoms with Gasteiger partial charge in [0.2, 0.25) is 0 Å². The number of carbonyl (C=O) groups is 3. The van der Waals surface area contributed by atoms with Crippen molar-refractivity contribution in [1.29, 1.82) is 5.26 Å². The number of carboxylic acid groups (broad SMARTS) is 1. The van der Waals surface area contributed by atoms with Crippen LogP contribution in [0.3, 0.4) is 0 Å². The zero-order valence-corrected chi connectivity index (χ0v) is 20.7. The Morgan fingerprint density at radius 2 is 2.00 bits per heavy atom. The number of thiocarbonyl (C=S) groups is 1. The zero-order valence-electron chi connectivity index (χ0n) is 18.3. The summed E-state index contributed by atoms with van der Waals surface area (Å²) in [7, 11) is 0. The van der Waals surface area contributed by atoms with Crippen molar-refractivity contribution in [3.8, 4) is 17.4 Å². The molecule has 0 unspecified atom stereocenters. The van der Waals surface area contributed by atoms with Crippen LogP contribution in [0.2, 0.25) is 5.02 Å². The van der Waals surface area contributed by atoms with Crippen molar-refractivity contribution in [3.63, 3.8) is 0 Å². The van der Waals surface area contributed by atoms with Gasteiger partial charge in [0.1, 0.15) is 29.0 Å². The standard InChI is InChI=1S/C25H15ClN2O6S2/c26-19-7-5-14(9-18(19)24(32)33-13-16-4-2-1-3-15(16)11-27)20-8-6-17(34-20)10-21-23(31)28(12-22(29)30)25(35)36-21/h1-10H,12-13H2,(H,29,30). The Bertz CT molecular complexity index is 1470. The van der Waals surface area contributed by atoms with E-state index in [0.29, 0.717) is 28.2 Å². The summed E-state index contributed by atoms with van der Waals surface area (Å²) >= 11 is 12.3. The lowest BCUT2D eigenvalue weighted by molar-refractivity contribution is -0.140. The van der Waals surface area contributed by atoms with Gasteiger partial charge >= 0.3 is 11.9 Å². The average molecular weight is 539 g/mol. The number of carboxylic acids is 1. The molecule has 1 aliphatic heterocycles. The maximum atomic E-state index is 12.7. The van der Waals surface area contributed by atoms with E-state index in [4.69, 9.17) is 38.1 Å². The zero-order chi connectivity index (χ0) is 25.8. The molecule has 180 valence electrons. The molecule has 0 saturated carbocycles. The van der Waals surface area contributed by atoms with Crippen molar-refractivity contribution in [2.75, 3.05) is 6.54 Å². The van der Waals surface area contributed by atoms with E-state index in [0.717, 1.165) is 16.7 Å². The Labute approximate surface area is 219 Å². The molecule has 1 N–H and O–H groups in total. The number of aliphatic carboxylic acids is 1. The molecule has 1 fully saturated rings. The second kappa shape index (κ2) is 10.8. The van der Waals surface area contributed by atoms with E-state index in [1.165, 1.54) is 18.2 Å². The number of benzene rings is 2. The summed E-state index contributed by atoms with van der Waals surface area (Å²) < 4.78 is 11.3. The van der Waals surface area contributed by atoms with E-state index in [-0.39, 0.29) is 26.4 Å². The van der Waals surface area contributed by atoms with E-state index < -0.39 is 24.4 Å². The molecule has 8 nitrogen and oxygen atoms in total. The van der Waals surface area contributed by atoms with Crippen molar-refractivity contribution in [3.05, 3.63) is 87.0 Å². The summed E-state index contributed by atoms with van der Waals surface area (Å²) in [6, 6.07) is 16.9. The van der Waals surface area contributed by atoms with E-state index in [1.54, 1.807) is 42.5 Å². The maximum absolute atomic E-state index is 12.7. The molecule has 1 amide bonds. The summed E-state index contributed by atoms with van der Waals surface area (Å²) in [6.07, 6.45) is 1.47. The lowest BCUT2D eigenvalue weighted by Gasteiger charge is -2.10. The minimum absolute atomic E-state index is 0.0892. The number of carbonyl (C=O) groups excluding carboxylic acids is 2. The summed E-state index contributed by atoms with van der Waals surface area (Å²) in [6.45, 7) is -0.606. The van der Waals surface area contributed by atoms with Gasteiger partial charge in [-0.3, -0.25) is 14.5 Å². The molecule has 0 spiro atoms. The van der Waals surface area contributed by atoms with Crippen LogP contribution in [-0.2, 0) is 20.9 Å². The number of hydrogen-bond acceptors (Lipinski definition) is 8. The van der Waals surface area contributed by atoms with E-state index >= 15 is 0 Å². The molecule has 1 aromatic heterocycles. The molecule has 0 radical (unpaired) electrons. The van der Waals surface area contributed by atoms with Crippen LogP contribution in [0.5, 0.6) is 0 Å². The third-order valence-corrected chi connectivity index (χ3v) is 6.74. The third kappa shape index (κ3) is 5.49. The quantitative estimate of drug-likeness (QED) is 0.248. The van der Waals surface area contributed by atoms with Crippen molar-refractivity contribution >= 4 is 63.8 Å². The molecule has 11 heteroatoms. The van der Waals surface area contributed by atoms with Crippen LogP contribution in [-0.4, -0.2) is 38.7 Å². The summed E-state index contributed by atoms with van der Waals surface area (Å²) in [5, 5.41) is 18.3. The van der Waals surface area contributed by atoms with Gasteiger partial charge in [0.05, 0.1) is 27.1 Å². The van der Waals surface area contributed by atoms with Crippen molar-refractivity contribution < 1.29 is 28.6 Å². The van der Waals surface area contributed by atoms with Crippen LogP contribution in [0.25, 0.3) is 17.4 Å². The lowest BCUT2D eigenvalue weighted by atomic mass is 10.1. The molecule has 0 bridgehead atoms. The van der Waals surface area contributed by atoms with Gasteiger partial charge in [-0.2, -0.15) is 5.26 Å². The lowest BCUT2D eigenvalue weighted by Crippen LogP contribution is -2.33. The van der Waals surface area contributed by atoms with Gasteiger partial charge < -0.3 is 14.3 Å². The molecular formula is C25H15ClN2O6S2. The molecule has 2 heterocycles. The molecule has 1 aliphatic rings. The smallest absolute Gasteiger partial charge is 0.340 e. The number of halogens is 1. The fourth-order valence-electron chi connectivity index (χ4n) is 3.30. The van der Waals surface area contributed by atoms with E-state index in [9.17, 15) is 19.6 Å². The second-order valence-electron chi connectivity index (χ2n) is 7.40. The molecule has 2 aromatic carbocycles. The number of furan rings is 1. The van der Waals surface area contributed by atoms with Crippen LogP contribution in [0.4, 0.5) is 0 Å². The number of ether oxygens (including phenoxy) is 1. The summed E-state index contributed by atoms with van der Waals surface area (Å²) in [5.74, 6) is -1.60. The van der Waals surface area contributed by atoms with Crippen LogP contribution in [0.1, 0.15) is 27.2 Å². The van der Waals surface area contributed by atoms with Crippen LogP contribution >= 0.6 is 35.6 Å². The topological polar surface area (TPSA) is 121 Å².